The topological polar surface area (TPSA) is 89.9 Å². The number of hydrogen-bond acceptors (Lipinski definition) is 6. The van der Waals surface area contributed by atoms with Crippen LogP contribution >= 0.6 is 0 Å². The van der Waals surface area contributed by atoms with Gasteiger partial charge >= 0.3 is 0 Å². The first-order valence-corrected chi connectivity index (χ1v) is 10.2. The number of aromatic nitrogens is 5. The van der Waals surface area contributed by atoms with E-state index < -0.39 is 0 Å². The zero-order valence-corrected chi connectivity index (χ0v) is 17.1. The van der Waals surface area contributed by atoms with Gasteiger partial charge in [-0.15, -0.1) is 0 Å². The molecule has 1 aliphatic rings. The van der Waals surface area contributed by atoms with E-state index in [0.717, 1.165) is 43.6 Å². The Labute approximate surface area is 169 Å². The van der Waals surface area contributed by atoms with Crippen LogP contribution in [0.25, 0.3) is 17.3 Å². The van der Waals surface area contributed by atoms with Crippen molar-refractivity contribution in [2.75, 3.05) is 13.1 Å². The van der Waals surface area contributed by atoms with Crippen molar-refractivity contribution in [3.05, 3.63) is 41.6 Å². The SMILES string of the molecule is CCCc1noc(-c2ccc(-n3ncc(C(=O)N4CCC[C@@H](C)C4)c3C)nc2)n1. The average Bonchev–Trinajstić information content (AvgIpc) is 3.35. The van der Waals surface area contributed by atoms with Crippen LogP contribution in [0.2, 0.25) is 0 Å². The van der Waals surface area contributed by atoms with Gasteiger partial charge in [0.2, 0.25) is 0 Å². The van der Waals surface area contributed by atoms with E-state index >= 15 is 0 Å². The summed E-state index contributed by atoms with van der Waals surface area (Å²) in [5, 5.41) is 8.38. The minimum absolute atomic E-state index is 0.0474. The maximum Gasteiger partial charge on any atom is 0.259 e. The van der Waals surface area contributed by atoms with E-state index in [-0.39, 0.29) is 5.91 Å². The second kappa shape index (κ2) is 8.14. The molecule has 1 aliphatic heterocycles. The van der Waals surface area contributed by atoms with Gasteiger partial charge in [0.15, 0.2) is 11.6 Å². The lowest BCUT2D eigenvalue weighted by molar-refractivity contribution is 0.0682. The van der Waals surface area contributed by atoms with Crippen LogP contribution in [-0.2, 0) is 6.42 Å². The normalized spacial score (nSPS) is 16.9. The fraction of sp³-hybridized carbons (Fsp3) is 0.476. The van der Waals surface area contributed by atoms with Crippen LogP contribution in [0.3, 0.4) is 0 Å². The molecule has 1 saturated heterocycles. The molecule has 8 heteroatoms. The zero-order valence-electron chi connectivity index (χ0n) is 17.1. The molecule has 4 rings (SSSR count). The highest BCUT2D eigenvalue weighted by Gasteiger charge is 2.25. The summed E-state index contributed by atoms with van der Waals surface area (Å²) in [5.41, 5.74) is 2.18. The summed E-state index contributed by atoms with van der Waals surface area (Å²) in [6, 6.07) is 3.72. The minimum Gasteiger partial charge on any atom is -0.338 e. The van der Waals surface area contributed by atoms with E-state index in [1.54, 1.807) is 17.1 Å². The Balaban J connectivity index is 1.53. The van der Waals surface area contributed by atoms with Crippen LogP contribution in [0.5, 0.6) is 0 Å². The molecule has 0 radical (unpaired) electrons. The maximum atomic E-state index is 12.9. The third-order valence-electron chi connectivity index (χ3n) is 5.34. The first-order chi connectivity index (χ1) is 14.1. The molecule has 3 aromatic heterocycles. The number of carbonyl (C=O) groups is 1. The molecule has 0 bridgehead atoms. The lowest BCUT2D eigenvalue weighted by Crippen LogP contribution is -2.39. The summed E-state index contributed by atoms with van der Waals surface area (Å²) in [6.07, 6.45) is 7.31. The summed E-state index contributed by atoms with van der Waals surface area (Å²) in [5.74, 6) is 2.39. The van der Waals surface area contributed by atoms with Gasteiger partial charge in [-0.25, -0.2) is 9.67 Å². The fourth-order valence-electron chi connectivity index (χ4n) is 3.73. The van der Waals surface area contributed by atoms with Crippen LogP contribution in [0.1, 0.15) is 55.0 Å². The minimum atomic E-state index is 0.0474. The number of hydrogen-bond donors (Lipinski definition) is 0. The van der Waals surface area contributed by atoms with Crippen LogP contribution in [0, 0.1) is 12.8 Å². The van der Waals surface area contributed by atoms with E-state index in [4.69, 9.17) is 4.52 Å². The van der Waals surface area contributed by atoms with Gasteiger partial charge in [0.05, 0.1) is 23.0 Å². The smallest absolute Gasteiger partial charge is 0.259 e. The van der Waals surface area contributed by atoms with Crippen molar-refractivity contribution in [1.29, 1.82) is 0 Å². The van der Waals surface area contributed by atoms with Crippen molar-refractivity contribution in [3.8, 4) is 17.3 Å². The van der Waals surface area contributed by atoms with Crippen LogP contribution < -0.4 is 0 Å². The van der Waals surface area contributed by atoms with Crippen molar-refractivity contribution >= 4 is 5.91 Å². The van der Waals surface area contributed by atoms with Crippen molar-refractivity contribution in [3.63, 3.8) is 0 Å². The summed E-state index contributed by atoms with van der Waals surface area (Å²) in [6.45, 7) is 7.78. The maximum absolute atomic E-state index is 12.9. The lowest BCUT2D eigenvalue weighted by Gasteiger charge is -2.30. The van der Waals surface area contributed by atoms with Crippen molar-refractivity contribution in [1.82, 2.24) is 29.8 Å². The predicted octanol–water partition coefficient (Wildman–Crippen LogP) is 3.45. The van der Waals surface area contributed by atoms with Gasteiger partial charge in [-0.1, -0.05) is 19.0 Å². The quantitative estimate of drug-likeness (QED) is 0.658. The summed E-state index contributed by atoms with van der Waals surface area (Å²) in [4.78, 5) is 23.7. The van der Waals surface area contributed by atoms with E-state index in [1.165, 1.54) is 6.42 Å². The summed E-state index contributed by atoms with van der Waals surface area (Å²) >= 11 is 0. The average molecular weight is 394 g/mol. The number of amides is 1. The van der Waals surface area contributed by atoms with Crippen molar-refractivity contribution in [2.24, 2.45) is 5.92 Å². The summed E-state index contributed by atoms with van der Waals surface area (Å²) < 4.78 is 7.01. The Morgan fingerprint density at radius 2 is 2.17 bits per heavy atom. The molecule has 0 saturated carbocycles. The molecule has 8 nitrogen and oxygen atoms in total. The highest BCUT2D eigenvalue weighted by Crippen LogP contribution is 2.22. The standard InChI is InChI=1S/C21H26N6O2/c1-4-6-18-24-20(29-25-18)16-8-9-19(22-11-16)27-15(3)17(12-23-27)21(28)26-10-5-7-14(2)13-26/h8-9,11-12,14H,4-7,10,13H2,1-3H3/t14-/m1/s1. The molecule has 29 heavy (non-hydrogen) atoms. The second-order valence-corrected chi connectivity index (χ2v) is 7.72. The molecule has 3 aromatic rings. The van der Waals surface area contributed by atoms with Gasteiger partial charge in [-0.2, -0.15) is 10.1 Å². The third kappa shape index (κ3) is 3.92. The van der Waals surface area contributed by atoms with E-state index in [1.807, 2.05) is 24.0 Å². The van der Waals surface area contributed by atoms with Crippen molar-refractivity contribution < 1.29 is 9.32 Å². The van der Waals surface area contributed by atoms with Gasteiger partial charge in [0, 0.05) is 25.7 Å². The van der Waals surface area contributed by atoms with E-state index in [9.17, 15) is 4.79 Å². The number of carbonyl (C=O) groups excluding carboxylic acids is 1. The van der Waals surface area contributed by atoms with E-state index in [2.05, 4.69) is 34.1 Å². The number of likely N-dealkylation sites (tertiary alicyclic amines) is 1. The van der Waals surface area contributed by atoms with Crippen LogP contribution in [0.4, 0.5) is 0 Å². The fourth-order valence-corrected chi connectivity index (χ4v) is 3.73. The number of rotatable bonds is 5. The third-order valence-corrected chi connectivity index (χ3v) is 5.34. The molecule has 1 atom stereocenters. The van der Waals surface area contributed by atoms with Crippen molar-refractivity contribution in [2.45, 2.75) is 46.5 Å². The molecule has 1 amide bonds. The number of nitrogens with zero attached hydrogens (tertiary/aromatic N) is 6. The number of pyridine rings is 1. The first-order valence-electron chi connectivity index (χ1n) is 10.2. The first kappa shape index (κ1) is 19.3. The Hall–Kier alpha value is -3.03. The zero-order chi connectivity index (χ0) is 20.4. The monoisotopic (exact) mass is 394 g/mol. The van der Waals surface area contributed by atoms with Gasteiger partial charge < -0.3 is 9.42 Å². The Bertz CT molecular complexity index is 991. The Kier molecular flexibility index (Phi) is 5.42. The molecule has 4 heterocycles. The molecule has 0 aliphatic carbocycles. The van der Waals surface area contributed by atoms with E-state index in [0.29, 0.717) is 29.0 Å². The molecule has 1 fully saturated rings. The molecule has 0 spiro atoms. The molecule has 0 unspecified atom stereocenters. The van der Waals surface area contributed by atoms with Crippen LogP contribution in [-0.4, -0.2) is 48.8 Å². The lowest BCUT2D eigenvalue weighted by atomic mass is 9.99. The highest BCUT2D eigenvalue weighted by molar-refractivity contribution is 5.95. The molecular formula is C21H26N6O2. The highest BCUT2D eigenvalue weighted by atomic mass is 16.5. The molecule has 0 N–H and O–H groups in total. The predicted molar refractivity (Wildman–Crippen MR) is 108 cm³/mol. The Morgan fingerprint density at radius 3 is 2.90 bits per heavy atom. The number of aryl methyl sites for hydroxylation is 1. The van der Waals surface area contributed by atoms with Crippen LogP contribution in [0.15, 0.2) is 29.0 Å². The van der Waals surface area contributed by atoms with Gasteiger partial charge in [0.25, 0.3) is 11.8 Å². The molecule has 152 valence electrons. The van der Waals surface area contributed by atoms with Gasteiger partial charge in [-0.05, 0) is 44.2 Å². The second-order valence-electron chi connectivity index (χ2n) is 7.72. The van der Waals surface area contributed by atoms with Gasteiger partial charge in [-0.3, -0.25) is 4.79 Å². The largest absolute Gasteiger partial charge is 0.338 e. The Morgan fingerprint density at radius 1 is 1.31 bits per heavy atom. The summed E-state index contributed by atoms with van der Waals surface area (Å²) in [7, 11) is 0. The number of piperidine rings is 1. The molecular weight excluding hydrogens is 368 g/mol. The van der Waals surface area contributed by atoms with Gasteiger partial charge in [0.1, 0.15) is 0 Å². The molecule has 0 aromatic carbocycles.